The van der Waals surface area contributed by atoms with Crippen molar-refractivity contribution in [2.45, 2.75) is 40.3 Å². The Labute approximate surface area is 223 Å². The van der Waals surface area contributed by atoms with Crippen LogP contribution in [0.25, 0.3) is 11.0 Å². The Kier molecular flexibility index (Phi) is 8.63. The molecular formula is C30H34N4O4. The van der Waals surface area contributed by atoms with Gasteiger partial charge >= 0.3 is 5.97 Å². The number of carbonyl (C=O) groups is 2. The van der Waals surface area contributed by atoms with Gasteiger partial charge in [0.1, 0.15) is 11.4 Å². The van der Waals surface area contributed by atoms with Crippen molar-refractivity contribution in [3.63, 3.8) is 0 Å². The third-order valence-electron chi connectivity index (χ3n) is 6.03. The Morgan fingerprint density at radius 3 is 2.42 bits per heavy atom. The Balaban J connectivity index is 1.68. The highest BCUT2D eigenvalue weighted by Crippen LogP contribution is 2.33. The summed E-state index contributed by atoms with van der Waals surface area (Å²) in [6.07, 6.45) is 1.92. The van der Waals surface area contributed by atoms with Crippen molar-refractivity contribution in [2.24, 2.45) is 5.92 Å². The van der Waals surface area contributed by atoms with Crippen LogP contribution in [-0.2, 0) is 29.0 Å². The van der Waals surface area contributed by atoms with Gasteiger partial charge in [0.15, 0.2) is 5.69 Å². The lowest BCUT2D eigenvalue weighted by atomic mass is 10.1. The van der Waals surface area contributed by atoms with Gasteiger partial charge in [-0.1, -0.05) is 56.3 Å². The first kappa shape index (κ1) is 26.7. The Morgan fingerprint density at radius 1 is 1.03 bits per heavy atom. The summed E-state index contributed by atoms with van der Waals surface area (Å²) in [6.45, 7) is 7.82. The van der Waals surface area contributed by atoms with Crippen molar-refractivity contribution in [3.05, 3.63) is 83.7 Å². The number of nitrogens with zero attached hydrogens (tertiary/aromatic N) is 2. The number of amides is 1. The maximum Gasteiger partial charge on any atom is 0.356 e. The molecule has 0 saturated carbocycles. The van der Waals surface area contributed by atoms with Crippen LogP contribution >= 0.6 is 0 Å². The first-order valence-corrected chi connectivity index (χ1v) is 12.8. The first-order chi connectivity index (χ1) is 18.4. The third-order valence-corrected chi connectivity index (χ3v) is 6.03. The van der Waals surface area contributed by atoms with Gasteiger partial charge in [0.25, 0.3) is 0 Å². The molecule has 0 spiro atoms. The van der Waals surface area contributed by atoms with Crippen molar-refractivity contribution in [1.82, 2.24) is 9.55 Å². The summed E-state index contributed by atoms with van der Waals surface area (Å²) in [7, 11) is 1.34. The Hall–Kier alpha value is -4.33. The van der Waals surface area contributed by atoms with Crippen molar-refractivity contribution in [1.29, 1.82) is 0 Å². The van der Waals surface area contributed by atoms with Gasteiger partial charge in [-0.3, -0.25) is 4.79 Å². The minimum absolute atomic E-state index is 0.182. The van der Waals surface area contributed by atoms with Gasteiger partial charge in [-0.2, -0.15) is 0 Å². The van der Waals surface area contributed by atoms with Crippen LogP contribution in [0.2, 0.25) is 0 Å². The van der Waals surface area contributed by atoms with Gasteiger partial charge in [-0.25, -0.2) is 9.78 Å². The number of pyridine rings is 1. The molecule has 0 aliphatic rings. The predicted molar refractivity (Wildman–Crippen MR) is 150 cm³/mol. The zero-order valence-electron chi connectivity index (χ0n) is 22.3. The van der Waals surface area contributed by atoms with Crippen molar-refractivity contribution in [3.8, 4) is 5.75 Å². The van der Waals surface area contributed by atoms with E-state index in [1.54, 1.807) is 6.20 Å². The lowest BCUT2D eigenvalue weighted by Crippen LogP contribution is -2.19. The van der Waals surface area contributed by atoms with E-state index in [2.05, 4.69) is 24.5 Å². The van der Waals surface area contributed by atoms with E-state index < -0.39 is 5.97 Å². The number of methoxy groups -OCH3 is 1. The second kappa shape index (κ2) is 12.3. The van der Waals surface area contributed by atoms with Crippen LogP contribution < -0.4 is 15.4 Å². The number of esters is 1. The topological polar surface area (TPSA) is 94.5 Å². The van der Waals surface area contributed by atoms with Gasteiger partial charge < -0.3 is 24.7 Å². The zero-order chi connectivity index (χ0) is 27.1. The Bertz CT molecular complexity index is 1400. The number of carbonyl (C=O) groups excluding carboxylic acids is 2. The summed E-state index contributed by atoms with van der Waals surface area (Å²) in [5, 5.41) is 7.05. The van der Waals surface area contributed by atoms with E-state index in [1.807, 2.05) is 72.2 Å². The predicted octanol–water partition coefficient (Wildman–Crippen LogP) is 5.67. The molecule has 38 heavy (non-hydrogen) atoms. The molecule has 198 valence electrons. The fourth-order valence-corrected chi connectivity index (χ4v) is 4.34. The van der Waals surface area contributed by atoms with Crippen LogP contribution in [0.15, 0.2) is 66.9 Å². The molecule has 2 N–H and O–H groups in total. The molecule has 0 unspecified atom stereocenters. The number of aromatic nitrogens is 2. The monoisotopic (exact) mass is 514 g/mol. The van der Waals surface area contributed by atoms with E-state index in [4.69, 9.17) is 14.5 Å². The van der Waals surface area contributed by atoms with Crippen molar-refractivity contribution >= 4 is 34.3 Å². The number of hydrogen-bond acceptors (Lipinski definition) is 6. The molecule has 4 rings (SSSR count). The molecule has 0 aliphatic heterocycles. The summed E-state index contributed by atoms with van der Waals surface area (Å²) >= 11 is 0. The normalized spacial score (nSPS) is 11.0. The van der Waals surface area contributed by atoms with Crippen LogP contribution in [0.1, 0.15) is 42.4 Å². The molecule has 8 nitrogen and oxygen atoms in total. The summed E-state index contributed by atoms with van der Waals surface area (Å²) < 4.78 is 12.5. The van der Waals surface area contributed by atoms with E-state index in [0.29, 0.717) is 36.4 Å². The molecule has 0 saturated heterocycles. The molecule has 2 heterocycles. The number of benzene rings is 2. The first-order valence-electron chi connectivity index (χ1n) is 12.8. The van der Waals surface area contributed by atoms with Crippen molar-refractivity contribution < 1.29 is 19.1 Å². The van der Waals surface area contributed by atoms with Gasteiger partial charge in [0.05, 0.1) is 37.7 Å². The van der Waals surface area contributed by atoms with E-state index in [1.165, 1.54) is 7.11 Å². The summed E-state index contributed by atoms with van der Waals surface area (Å²) in [5.41, 5.74) is 4.03. The number of anilines is 2. The minimum Gasteiger partial charge on any atom is -0.494 e. The van der Waals surface area contributed by atoms with Gasteiger partial charge in [-0.05, 0) is 42.2 Å². The molecule has 0 bridgehead atoms. The molecule has 8 heteroatoms. The van der Waals surface area contributed by atoms with Crippen LogP contribution in [0.3, 0.4) is 0 Å². The minimum atomic E-state index is -0.525. The largest absolute Gasteiger partial charge is 0.494 e. The highest BCUT2D eigenvalue weighted by atomic mass is 16.5. The average Bonchev–Trinajstić information content (AvgIpc) is 3.20. The van der Waals surface area contributed by atoms with Crippen LogP contribution in [0.4, 0.5) is 11.4 Å². The van der Waals surface area contributed by atoms with Crippen molar-refractivity contribution in [2.75, 3.05) is 24.4 Å². The molecule has 1 amide bonds. The van der Waals surface area contributed by atoms with Crippen LogP contribution in [-0.4, -0.2) is 35.1 Å². The maximum absolute atomic E-state index is 13.1. The SMILES string of the molecule is CCOc1ccc(CNc2cnc3c(c2)c(NC(=O)Cc2ccccc2)c(C(=O)OC)n3CC(C)C)cc1. The summed E-state index contributed by atoms with van der Waals surface area (Å²) in [5.74, 6) is 0.318. The smallest absolute Gasteiger partial charge is 0.356 e. The number of ether oxygens (including phenoxy) is 2. The fraction of sp³-hybridized carbons (Fsp3) is 0.300. The molecule has 0 fully saturated rings. The van der Waals surface area contributed by atoms with E-state index in [9.17, 15) is 9.59 Å². The molecule has 2 aromatic carbocycles. The Morgan fingerprint density at radius 2 is 1.76 bits per heavy atom. The second-order valence-electron chi connectivity index (χ2n) is 9.46. The summed E-state index contributed by atoms with van der Waals surface area (Å²) in [4.78, 5) is 30.7. The maximum atomic E-state index is 13.1. The van der Waals surface area contributed by atoms with Gasteiger partial charge in [0.2, 0.25) is 5.91 Å². The lowest BCUT2D eigenvalue weighted by molar-refractivity contribution is -0.115. The third kappa shape index (κ3) is 6.32. The van der Waals surface area contributed by atoms with E-state index in [0.717, 1.165) is 22.6 Å². The summed E-state index contributed by atoms with van der Waals surface area (Å²) in [6, 6.07) is 19.3. The zero-order valence-corrected chi connectivity index (χ0v) is 22.3. The lowest BCUT2D eigenvalue weighted by Gasteiger charge is -2.12. The molecular weight excluding hydrogens is 480 g/mol. The standard InChI is InChI=1S/C30H34N4O4/c1-5-38-24-13-11-22(12-14-24)17-31-23-16-25-27(33-26(35)15-21-9-7-6-8-10-21)28(30(36)37-4)34(19-20(2)3)29(25)32-18-23/h6-14,16,18,20,31H,5,15,17,19H2,1-4H3,(H,33,35). The second-order valence-corrected chi connectivity index (χ2v) is 9.46. The number of nitrogens with one attached hydrogen (secondary N) is 2. The molecule has 2 aromatic heterocycles. The number of hydrogen-bond donors (Lipinski definition) is 2. The molecule has 4 aromatic rings. The highest BCUT2D eigenvalue weighted by molar-refractivity contribution is 6.11. The van der Waals surface area contributed by atoms with Crippen LogP contribution in [0.5, 0.6) is 5.75 Å². The number of rotatable bonds is 11. The van der Waals surface area contributed by atoms with Gasteiger partial charge in [-0.15, -0.1) is 0 Å². The van der Waals surface area contributed by atoms with Crippen LogP contribution in [0, 0.1) is 5.92 Å². The van der Waals surface area contributed by atoms with Gasteiger partial charge in [0, 0.05) is 18.5 Å². The number of fused-ring (bicyclic) bond motifs is 1. The average molecular weight is 515 g/mol. The highest BCUT2D eigenvalue weighted by Gasteiger charge is 2.26. The van der Waals surface area contributed by atoms with E-state index in [-0.39, 0.29) is 23.9 Å². The molecule has 0 atom stereocenters. The molecule has 0 aliphatic carbocycles. The van der Waals surface area contributed by atoms with E-state index >= 15 is 0 Å². The quantitative estimate of drug-likeness (QED) is 0.251. The fourth-order valence-electron chi connectivity index (χ4n) is 4.34. The molecule has 0 radical (unpaired) electrons.